The minimum absolute atomic E-state index is 0.185. The zero-order valence-corrected chi connectivity index (χ0v) is 19.9. The van der Waals surface area contributed by atoms with Gasteiger partial charge in [0.15, 0.2) is 0 Å². The van der Waals surface area contributed by atoms with Crippen molar-refractivity contribution in [1.29, 1.82) is 0 Å². The first-order valence-corrected chi connectivity index (χ1v) is 10.8. The van der Waals surface area contributed by atoms with E-state index in [4.69, 9.17) is 0 Å². The van der Waals surface area contributed by atoms with Crippen LogP contribution in [0, 0.1) is 5.92 Å². The number of benzene rings is 1. The van der Waals surface area contributed by atoms with Gasteiger partial charge in [-0.2, -0.15) is 0 Å². The molecule has 30 heavy (non-hydrogen) atoms. The van der Waals surface area contributed by atoms with E-state index >= 15 is 0 Å². The molecule has 1 aromatic carbocycles. The second-order valence-electron chi connectivity index (χ2n) is 6.43. The van der Waals surface area contributed by atoms with Crippen molar-refractivity contribution in [3.63, 3.8) is 0 Å². The van der Waals surface area contributed by atoms with Crippen molar-refractivity contribution in [3.8, 4) is 0 Å². The van der Waals surface area contributed by atoms with E-state index in [1.807, 2.05) is 65.0 Å². The number of hydrogen-bond acceptors (Lipinski definition) is 4. The Bertz CT molecular complexity index is 659. The molecular formula is C24H40N4O2. The van der Waals surface area contributed by atoms with Gasteiger partial charge in [-0.3, -0.25) is 14.6 Å². The minimum Gasteiger partial charge on any atom is -0.355 e. The molecule has 0 saturated carbocycles. The molecule has 2 amide bonds. The summed E-state index contributed by atoms with van der Waals surface area (Å²) in [5, 5.41) is 5.45. The average molecular weight is 417 g/mol. The molecule has 6 heteroatoms. The Labute approximate surface area is 182 Å². The van der Waals surface area contributed by atoms with E-state index in [0.29, 0.717) is 13.0 Å². The largest absolute Gasteiger partial charge is 0.355 e. The van der Waals surface area contributed by atoms with E-state index < -0.39 is 11.9 Å². The van der Waals surface area contributed by atoms with Crippen LogP contribution in [0.2, 0.25) is 0 Å². The zero-order chi connectivity index (χ0) is 23.4. The summed E-state index contributed by atoms with van der Waals surface area (Å²) in [6, 6.07) is 8.88. The summed E-state index contributed by atoms with van der Waals surface area (Å²) in [5.41, 5.74) is 1.16. The Morgan fingerprint density at radius 2 is 1.53 bits per heavy atom. The molecule has 0 spiro atoms. The maximum absolute atomic E-state index is 12.2. The molecule has 6 nitrogen and oxygen atoms in total. The summed E-state index contributed by atoms with van der Waals surface area (Å²) in [5.74, 6) is 0.198. The van der Waals surface area contributed by atoms with E-state index in [-0.39, 0.29) is 11.6 Å². The van der Waals surface area contributed by atoms with Gasteiger partial charge in [-0.15, -0.1) is 0 Å². The number of likely N-dealkylation sites (N-methyl/N-ethyl adjacent to an activating group) is 1. The molecule has 168 valence electrons. The maximum Gasteiger partial charge on any atom is 0.272 e. The second kappa shape index (κ2) is 19.6. The Hall–Kier alpha value is -2.76. The summed E-state index contributed by atoms with van der Waals surface area (Å²) in [6.07, 6.45) is 4.71. The summed E-state index contributed by atoms with van der Waals surface area (Å²) in [7, 11) is 0. The Morgan fingerprint density at radius 1 is 0.967 bits per heavy atom. The molecule has 0 bridgehead atoms. The van der Waals surface area contributed by atoms with Crippen LogP contribution in [0.25, 0.3) is 0 Å². The van der Waals surface area contributed by atoms with E-state index in [0.717, 1.165) is 11.5 Å². The highest BCUT2D eigenvalue weighted by Gasteiger charge is 2.21. The minimum atomic E-state index is -0.656. The van der Waals surface area contributed by atoms with Crippen LogP contribution in [0.1, 0.15) is 71.4 Å². The van der Waals surface area contributed by atoms with Gasteiger partial charge in [-0.05, 0) is 18.4 Å². The molecule has 0 aliphatic rings. The van der Waals surface area contributed by atoms with Crippen LogP contribution in [-0.2, 0) is 11.2 Å². The maximum atomic E-state index is 12.2. The van der Waals surface area contributed by atoms with Crippen LogP contribution >= 0.6 is 0 Å². The summed E-state index contributed by atoms with van der Waals surface area (Å²) >= 11 is 0. The summed E-state index contributed by atoms with van der Waals surface area (Å²) in [4.78, 5) is 32.1. The van der Waals surface area contributed by atoms with E-state index in [1.165, 1.54) is 18.6 Å². The van der Waals surface area contributed by atoms with Gasteiger partial charge in [-0.1, -0.05) is 78.8 Å². The van der Waals surface area contributed by atoms with Crippen LogP contribution in [-0.4, -0.2) is 34.4 Å². The van der Waals surface area contributed by atoms with Gasteiger partial charge >= 0.3 is 0 Å². The molecule has 0 saturated heterocycles. The molecule has 0 radical (unpaired) electrons. The third kappa shape index (κ3) is 14.3. The molecule has 2 rings (SSSR count). The lowest BCUT2D eigenvalue weighted by atomic mass is 10.1. The molecule has 1 unspecified atom stereocenters. The van der Waals surface area contributed by atoms with Gasteiger partial charge in [-0.25, -0.2) is 4.98 Å². The van der Waals surface area contributed by atoms with E-state index in [1.54, 1.807) is 0 Å². The fraction of sp³-hybridized carbons (Fsp3) is 0.500. The van der Waals surface area contributed by atoms with Crippen molar-refractivity contribution in [3.05, 3.63) is 60.2 Å². The number of carbonyl (C=O) groups excluding carboxylic acids is 2. The van der Waals surface area contributed by atoms with Crippen molar-refractivity contribution in [2.45, 2.75) is 67.9 Å². The third-order valence-corrected chi connectivity index (χ3v) is 3.05. The van der Waals surface area contributed by atoms with Gasteiger partial charge in [0.25, 0.3) is 5.91 Å². The number of hydrogen-bond donors (Lipinski definition) is 2. The zero-order valence-electron chi connectivity index (χ0n) is 19.9. The van der Waals surface area contributed by atoms with Crippen molar-refractivity contribution in [2.75, 3.05) is 6.54 Å². The highest BCUT2D eigenvalue weighted by Crippen LogP contribution is 2.04. The predicted molar refractivity (Wildman–Crippen MR) is 125 cm³/mol. The van der Waals surface area contributed by atoms with Crippen molar-refractivity contribution in [2.24, 2.45) is 5.92 Å². The second-order valence-corrected chi connectivity index (χ2v) is 6.43. The number of nitrogens with one attached hydrogen (secondary N) is 2. The Kier molecular flexibility index (Phi) is 19.2. The normalized spacial score (nSPS) is 10.0. The lowest BCUT2D eigenvalue weighted by molar-refractivity contribution is -0.122. The van der Waals surface area contributed by atoms with Gasteiger partial charge in [0.05, 0.1) is 6.20 Å². The van der Waals surface area contributed by atoms with Gasteiger partial charge in [0.2, 0.25) is 5.91 Å². The van der Waals surface area contributed by atoms with Gasteiger partial charge in [0.1, 0.15) is 11.7 Å². The predicted octanol–water partition coefficient (Wildman–Crippen LogP) is 4.67. The third-order valence-electron chi connectivity index (χ3n) is 3.05. The Morgan fingerprint density at radius 3 is 2.00 bits per heavy atom. The standard InChI is InChI=1S/C16H18N4O2.C4H10.2C2H6/c1-2-18-15(21)13(10-12-6-4-3-5-7-12)20-16(22)14-11-17-8-9-19-14;1-4(2)3;2*1-2/h3-9,11,13H,2,10H2,1H3,(H,18,21)(H,20,22);4H,1-3H3;2*1-2H3. The highest BCUT2D eigenvalue weighted by molar-refractivity contribution is 5.95. The molecule has 1 heterocycles. The molecule has 1 aromatic heterocycles. The Balaban J connectivity index is 0. The monoisotopic (exact) mass is 416 g/mol. The topological polar surface area (TPSA) is 84.0 Å². The molecule has 0 fully saturated rings. The molecule has 2 N–H and O–H groups in total. The first-order valence-electron chi connectivity index (χ1n) is 10.8. The fourth-order valence-corrected chi connectivity index (χ4v) is 2.01. The van der Waals surface area contributed by atoms with Crippen LogP contribution in [0.5, 0.6) is 0 Å². The quantitative estimate of drug-likeness (QED) is 0.717. The van der Waals surface area contributed by atoms with E-state index in [2.05, 4.69) is 41.4 Å². The summed E-state index contributed by atoms with van der Waals surface area (Å²) in [6.45, 7) is 16.8. The van der Waals surface area contributed by atoms with Crippen molar-refractivity contribution < 1.29 is 9.59 Å². The smallest absolute Gasteiger partial charge is 0.272 e. The SMILES string of the molecule is CC.CC.CC(C)C.CCNC(=O)C(Cc1ccccc1)NC(=O)c1cnccn1. The van der Waals surface area contributed by atoms with Gasteiger partial charge in [0, 0.05) is 25.4 Å². The van der Waals surface area contributed by atoms with Crippen LogP contribution in [0.3, 0.4) is 0 Å². The molecule has 0 aliphatic heterocycles. The van der Waals surface area contributed by atoms with Crippen molar-refractivity contribution in [1.82, 2.24) is 20.6 Å². The molecule has 1 atom stereocenters. The lowest BCUT2D eigenvalue weighted by Crippen LogP contribution is -2.48. The fourth-order valence-electron chi connectivity index (χ4n) is 2.01. The van der Waals surface area contributed by atoms with Crippen molar-refractivity contribution >= 4 is 11.8 Å². The van der Waals surface area contributed by atoms with Crippen LogP contribution < -0.4 is 10.6 Å². The first kappa shape index (κ1) is 29.4. The first-order chi connectivity index (χ1) is 14.4. The highest BCUT2D eigenvalue weighted by atomic mass is 16.2. The number of nitrogens with zero attached hydrogens (tertiary/aromatic N) is 2. The van der Waals surface area contributed by atoms with E-state index in [9.17, 15) is 9.59 Å². The number of carbonyl (C=O) groups is 2. The van der Waals surface area contributed by atoms with Crippen LogP contribution in [0.15, 0.2) is 48.9 Å². The summed E-state index contributed by atoms with van der Waals surface area (Å²) < 4.78 is 0. The molecular weight excluding hydrogens is 376 g/mol. The lowest BCUT2D eigenvalue weighted by Gasteiger charge is -2.18. The number of aromatic nitrogens is 2. The molecule has 0 aliphatic carbocycles. The van der Waals surface area contributed by atoms with Gasteiger partial charge < -0.3 is 10.6 Å². The van der Waals surface area contributed by atoms with Crippen LogP contribution in [0.4, 0.5) is 0 Å². The number of rotatable bonds is 6. The molecule has 2 aromatic rings. The average Bonchev–Trinajstić information content (AvgIpc) is 2.77. The number of amides is 2.